The monoisotopic (exact) mass is 285 g/mol. The van der Waals surface area contributed by atoms with Gasteiger partial charge in [-0.1, -0.05) is 6.92 Å². The first-order valence-corrected chi connectivity index (χ1v) is 7.74. The number of likely N-dealkylation sites (tertiary alicyclic amines) is 1. The fourth-order valence-electron chi connectivity index (χ4n) is 2.93. The average Bonchev–Trinajstić information content (AvgIpc) is 2.45. The SMILES string of the molecule is CCCNC(C)(CC(C)N1CCC(OC)CC1)C(N)=O. The summed E-state index contributed by atoms with van der Waals surface area (Å²) in [5, 5.41) is 3.31. The molecular formula is C15H31N3O2. The Labute approximate surface area is 123 Å². The third-order valence-electron chi connectivity index (χ3n) is 4.45. The Kier molecular flexibility index (Phi) is 6.92. The maximum atomic E-state index is 11.8. The molecule has 0 bridgehead atoms. The van der Waals surface area contributed by atoms with Gasteiger partial charge in [0.25, 0.3) is 0 Å². The van der Waals surface area contributed by atoms with E-state index in [-0.39, 0.29) is 5.91 Å². The number of ether oxygens (including phenoxy) is 1. The lowest BCUT2D eigenvalue weighted by Crippen LogP contribution is -2.57. The van der Waals surface area contributed by atoms with Gasteiger partial charge < -0.3 is 20.7 Å². The largest absolute Gasteiger partial charge is 0.381 e. The minimum absolute atomic E-state index is 0.260. The van der Waals surface area contributed by atoms with Gasteiger partial charge in [-0.05, 0) is 46.1 Å². The summed E-state index contributed by atoms with van der Waals surface area (Å²) in [5.41, 5.74) is 4.98. The van der Waals surface area contributed by atoms with Gasteiger partial charge in [0.2, 0.25) is 5.91 Å². The fourth-order valence-corrected chi connectivity index (χ4v) is 2.93. The highest BCUT2D eigenvalue weighted by Gasteiger charge is 2.34. The topological polar surface area (TPSA) is 67.6 Å². The van der Waals surface area contributed by atoms with Gasteiger partial charge in [-0.3, -0.25) is 4.79 Å². The predicted octanol–water partition coefficient (Wildman–Crippen LogP) is 1.12. The quantitative estimate of drug-likeness (QED) is 0.701. The van der Waals surface area contributed by atoms with Gasteiger partial charge in [-0.25, -0.2) is 0 Å². The van der Waals surface area contributed by atoms with E-state index in [0.717, 1.165) is 45.3 Å². The molecule has 0 aromatic rings. The molecule has 1 amide bonds. The molecule has 1 aliphatic rings. The zero-order valence-electron chi connectivity index (χ0n) is 13.4. The summed E-state index contributed by atoms with van der Waals surface area (Å²) in [4.78, 5) is 14.2. The average molecular weight is 285 g/mol. The normalized spacial score (nSPS) is 22.4. The molecule has 2 atom stereocenters. The van der Waals surface area contributed by atoms with E-state index in [1.165, 1.54) is 0 Å². The molecule has 1 aliphatic heterocycles. The van der Waals surface area contributed by atoms with E-state index >= 15 is 0 Å². The highest BCUT2D eigenvalue weighted by Crippen LogP contribution is 2.21. The van der Waals surface area contributed by atoms with Crippen molar-refractivity contribution in [2.24, 2.45) is 5.73 Å². The number of methoxy groups -OCH3 is 1. The van der Waals surface area contributed by atoms with Gasteiger partial charge in [0, 0.05) is 26.2 Å². The van der Waals surface area contributed by atoms with Gasteiger partial charge in [-0.2, -0.15) is 0 Å². The van der Waals surface area contributed by atoms with Crippen LogP contribution in [0.2, 0.25) is 0 Å². The molecule has 118 valence electrons. The minimum Gasteiger partial charge on any atom is -0.381 e. The van der Waals surface area contributed by atoms with Crippen LogP contribution in [0.25, 0.3) is 0 Å². The summed E-state index contributed by atoms with van der Waals surface area (Å²) >= 11 is 0. The predicted molar refractivity (Wildman–Crippen MR) is 81.6 cm³/mol. The van der Waals surface area contributed by atoms with Crippen LogP contribution in [0.15, 0.2) is 0 Å². The molecule has 0 radical (unpaired) electrons. The number of rotatable bonds is 8. The molecule has 0 aromatic heterocycles. The number of nitrogens with one attached hydrogen (secondary N) is 1. The highest BCUT2D eigenvalue weighted by molar-refractivity contribution is 5.84. The molecule has 0 spiro atoms. The van der Waals surface area contributed by atoms with Gasteiger partial charge in [-0.15, -0.1) is 0 Å². The van der Waals surface area contributed by atoms with Crippen molar-refractivity contribution in [2.75, 3.05) is 26.7 Å². The standard InChI is InChI=1S/C15H31N3O2/c1-5-8-17-15(3,14(16)19)11-12(2)18-9-6-13(20-4)7-10-18/h12-13,17H,5-11H2,1-4H3,(H2,16,19). The fraction of sp³-hybridized carbons (Fsp3) is 0.933. The van der Waals surface area contributed by atoms with Gasteiger partial charge in [0.15, 0.2) is 0 Å². The Bertz CT molecular complexity index is 303. The second kappa shape index (κ2) is 7.96. The Morgan fingerprint density at radius 1 is 1.50 bits per heavy atom. The molecule has 1 fully saturated rings. The second-order valence-corrected chi connectivity index (χ2v) is 6.15. The first kappa shape index (κ1) is 17.4. The smallest absolute Gasteiger partial charge is 0.237 e. The summed E-state index contributed by atoms with van der Waals surface area (Å²) in [6, 6.07) is 0.342. The van der Waals surface area contributed by atoms with E-state index < -0.39 is 5.54 Å². The lowest BCUT2D eigenvalue weighted by atomic mass is 9.91. The Morgan fingerprint density at radius 3 is 2.55 bits per heavy atom. The van der Waals surface area contributed by atoms with Gasteiger partial charge in [0.1, 0.15) is 0 Å². The van der Waals surface area contributed by atoms with Crippen molar-refractivity contribution in [1.29, 1.82) is 0 Å². The van der Waals surface area contributed by atoms with Crippen LogP contribution in [0, 0.1) is 0 Å². The molecule has 0 aliphatic carbocycles. The third kappa shape index (κ3) is 4.72. The molecule has 5 heteroatoms. The van der Waals surface area contributed by atoms with Crippen LogP contribution in [0.1, 0.15) is 46.5 Å². The highest BCUT2D eigenvalue weighted by atomic mass is 16.5. The molecular weight excluding hydrogens is 254 g/mol. The molecule has 3 N–H and O–H groups in total. The number of carbonyl (C=O) groups is 1. The number of amides is 1. The Morgan fingerprint density at radius 2 is 2.10 bits per heavy atom. The molecule has 5 nitrogen and oxygen atoms in total. The number of primary amides is 1. The third-order valence-corrected chi connectivity index (χ3v) is 4.45. The Balaban J connectivity index is 2.53. The van der Waals surface area contributed by atoms with Crippen LogP contribution in [0.5, 0.6) is 0 Å². The van der Waals surface area contributed by atoms with Gasteiger partial charge >= 0.3 is 0 Å². The molecule has 0 saturated carbocycles. The maximum Gasteiger partial charge on any atom is 0.237 e. The Hall–Kier alpha value is -0.650. The molecule has 1 heterocycles. The van der Waals surface area contributed by atoms with E-state index in [2.05, 4.69) is 24.1 Å². The van der Waals surface area contributed by atoms with Crippen LogP contribution < -0.4 is 11.1 Å². The first-order valence-electron chi connectivity index (χ1n) is 7.74. The second-order valence-electron chi connectivity index (χ2n) is 6.15. The lowest BCUT2D eigenvalue weighted by Gasteiger charge is -2.39. The number of piperidine rings is 1. The van der Waals surface area contributed by atoms with Crippen molar-refractivity contribution < 1.29 is 9.53 Å². The van der Waals surface area contributed by atoms with Crippen LogP contribution in [0.4, 0.5) is 0 Å². The van der Waals surface area contributed by atoms with Crippen LogP contribution in [0.3, 0.4) is 0 Å². The van der Waals surface area contributed by atoms with Crippen molar-refractivity contribution in [1.82, 2.24) is 10.2 Å². The van der Waals surface area contributed by atoms with Crippen molar-refractivity contribution >= 4 is 5.91 Å². The van der Waals surface area contributed by atoms with Crippen molar-refractivity contribution in [3.8, 4) is 0 Å². The molecule has 0 aromatic carbocycles. The summed E-state index contributed by atoms with van der Waals surface area (Å²) in [6.07, 6.45) is 4.27. The van der Waals surface area contributed by atoms with Crippen LogP contribution >= 0.6 is 0 Å². The maximum absolute atomic E-state index is 11.8. The van der Waals surface area contributed by atoms with Crippen LogP contribution in [-0.2, 0) is 9.53 Å². The number of nitrogens with zero attached hydrogens (tertiary/aromatic N) is 1. The van der Waals surface area contributed by atoms with Gasteiger partial charge in [0.05, 0.1) is 11.6 Å². The summed E-state index contributed by atoms with van der Waals surface area (Å²) in [5.74, 6) is -0.260. The summed E-state index contributed by atoms with van der Waals surface area (Å²) in [7, 11) is 1.78. The number of carbonyl (C=O) groups excluding carboxylic acids is 1. The number of hydrogen-bond acceptors (Lipinski definition) is 4. The van der Waals surface area contributed by atoms with E-state index in [4.69, 9.17) is 10.5 Å². The van der Waals surface area contributed by atoms with E-state index in [9.17, 15) is 4.79 Å². The minimum atomic E-state index is -0.618. The summed E-state index contributed by atoms with van der Waals surface area (Å²) in [6.45, 7) is 9.07. The number of nitrogens with two attached hydrogens (primary N) is 1. The van der Waals surface area contributed by atoms with Crippen molar-refractivity contribution in [3.05, 3.63) is 0 Å². The van der Waals surface area contributed by atoms with E-state index in [0.29, 0.717) is 12.1 Å². The van der Waals surface area contributed by atoms with E-state index in [1.807, 2.05) is 6.92 Å². The lowest BCUT2D eigenvalue weighted by molar-refractivity contribution is -0.124. The van der Waals surface area contributed by atoms with Crippen LogP contribution in [-0.4, -0.2) is 55.2 Å². The zero-order chi connectivity index (χ0) is 15.2. The zero-order valence-corrected chi connectivity index (χ0v) is 13.4. The number of hydrogen-bond donors (Lipinski definition) is 2. The molecule has 1 rings (SSSR count). The van der Waals surface area contributed by atoms with E-state index in [1.54, 1.807) is 7.11 Å². The molecule has 1 saturated heterocycles. The first-order chi connectivity index (χ1) is 9.42. The van der Waals surface area contributed by atoms with Crippen molar-refractivity contribution in [2.45, 2.75) is 64.1 Å². The molecule has 20 heavy (non-hydrogen) atoms. The van der Waals surface area contributed by atoms with Crippen molar-refractivity contribution in [3.63, 3.8) is 0 Å². The summed E-state index contributed by atoms with van der Waals surface area (Å²) < 4.78 is 5.40. The molecule has 2 unspecified atom stereocenters.